The number of hydrogen-bond donors (Lipinski definition) is 0. The molecule has 0 radical (unpaired) electrons. The summed E-state index contributed by atoms with van der Waals surface area (Å²) in [6.07, 6.45) is 0.968. The summed E-state index contributed by atoms with van der Waals surface area (Å²) >= 11 is 0. The van der Waals surface area contributed by atoms with Crippen LogP contribution in [0.1, 0.15) is 25.1 Å². The van der Waals surface area contributed by atoms with Crippen molar-refractivity contribution in [3.05, 3.63) is 48.0 Å². The summed E-state index contributed by atoms with van der Waals surface area (Å²) in [5.74, 6) is 1.89. The van der Waals surface area contributed by atoms with Gasteiger partial charge in [-0.05, 0) is 44.6 Å². The molecule has 2 aromatic carbocycles. The van der Waals surface area contributed by atoms with Gasteiger partial charge in [-0.1, -0.05) is 25.1 Å². The Labute approximate surface area is 158 Å². The van der Waals surface area contributed by atoms with E-state index in [1.165, 1.54) is 0 Å². The van der Waals surface area contributed by atoms with Crippen LogP contribution in [0.25, 0.3) is 0 Å². The molecule has 2 rings (SSSR count). The predicted molar refractivity (Wildman–Crippen MR) is 95.2 cm³/mol. The molecule has 0 saturated heterocycles. The molecule has 0 heterocycles. The predicted octanol–water partition coefficient (Wildman–Crippen LogP) is 0.753. The average molecular weight is 340 g/mol. The minimum atomic E-state index is -0.0125. The van der Waals surface area contributed by atoms with Crippen LogP contribution in [-0.4, -0.2) is 26.4 Å². The van der Waals surface area contributed by atoms with Crippen LogP contribution in [0.3, 0.4) is 0 Å². The Morgan fingerprint density at radius 2 is 1.62 bits per heavy atom. The number of methoxy groups -OCH3 is 2. The van der Waals surface area contributed by atoms with Crippen LogP contribution in [0.15, 0.2) is 42.5 Å². The first-order valence-electron chi connectivity index (χ1n) is 7.44. The maximum Gasteiger partial charge on any atom is 1.00 e. The van der Waals surface area contributed by atoms with E-state index >= 15 is 0 Å². The quantitative estimate of drug-likeness (QED) is 0.526. The second-order valence-corrected chi connectivity index (χ2v) is 6.15. The summed E-state index contributed by atoms with van der Waals surface area (Å²) in [5, 5.41) is 0.951. The summed E-state index contributed by atoms with van der Waals surface area (Å²) in [4.78, 5) is 12.7. The summed E-state index contributed by atoms with van der Waals surface area (Å²) in [6, 6.07) is 13.0. The molecule has 2 aromatic rings. The van der Waals surface area contributed by atoms with Crippen LogP contribution < -0.4 is 38.4 Å². The SMILES string of the molecule is CCCOc1ccc(PC(=O)c2c(OC)cccc2OC)cc1.[H-].[Li+]. The Hall–Kier alpha value is -1.46. The van der Waals surface area contributed by atoms with Gasteiger partial charge >= 0.3 is 18.9 Å². The van der Waals surface area contributed by atoms with E-state index in [-0.39, 0.29) is 34.4 Å². The van der Waals surface area contributed by atoms with Gasteiger partial charge in [-0.3, -0.25) is 4.79 Å². The van der Waals surface area contributed by atoms with Crippen LogP contribution in [0.4, 0.5) is 0 Å². The monoisotopic (exact) mass is 340 g/mol. The van der Waals surface area contributed by atoms with Gasteiger partial charge < -0.3 is 15.6 Å². The molecule has 0 saturated carbocycles. The van der Waals surface area contributed by atoms with Crippen LogP contribution in [0.2, 0.25) is 0 Å². The van der Waals surface area contributed by atoms with Crippen molar-refractivity contribution >= 4 is 19.4 Å². The Morgan fingerprint density at radius 3 is 2.12 bits per heavy atom. The summed E-state index contributed by atoms with van der Waals surface area (Å²) in [7, 11) is 3.10. The van der Waals surface area contributed by atoms with Crippen molar-refractivity contribution in [1.82, 2.24) is 0 Å². The molecule has 0 aromatic heterocycles. The van der Waals surface area contributed by atoms with Crippen LogP contribution >= 0.6 is 8.58 Å². The third kappa shape index (κ3) is 5.28. The number of carbonyl (C=O) groups excluding carboxylic acids is 1. The van der Waals surface area contributed by atoms with E-state index in [0.717, 1.165) is 17.5 Å². The van der Waals surface area contributed by atoms with Crippen molar-refractivity contribution in [3.63, 3.8) is 0 Å². The van der Waals surface area contributed by atoms with E-state index in [0.29, 0.717) is 23.7 Å². The first-order chi connectivity index (χ1) is 11.2. The van der Waals surface area contributed by atoms with Gasteiger partial charge in [-0.2, -0.15) is 0 Å². The molecule has 0 N–H and O–H groups in total. The molecule has 0 amide bonds. The molecule has 0 fully saturated rings. The molecule has 24 heavy (non-hydrogen) atoms. The van der Waals surface area contributed by atoms with Gasteiger partial charge in [0.25, 0.3) is 0 Å². The van der Waals surface area contributed by atoms with Gasteiger partial charge in [0.1, 0.15) is 22.8 Å². The number of benzene rings is 2. The van der Waals surface area contributed by atoms with E-state index in [2.05, 4.69) is 6.92 Å². The van der Waals surface area contributed by atoms with Crippen molar-refractivity contribution in [1.29, 1.82) is 0 Å². The van der Waals surface area contributed by atoms with Crippen molar-refractivity contribution < 1.29 is 39.3 Å². The molecule has 1 atom stereocenters. The zero-order chi connectivity index (χ0) is 16.7. The molecule has 0 bridgehead atoms. The largest absolute Gasteiger partial charge is 1.00 e. The number of carbonyl (C=O) groups is 1. The smallest absolute Gasteiger partial charge is 1.00 e. The first-order valence-corrected chi connectivity index (χ1v) is 8.44. The molecular weight excluding hydrogens is 318 g/mol. The number of ether oxygens (including phenoxy) is 3. The van der Waals surface area contributed by atoms with Crippen molar-refractivity contribution in [2.24, 2.45) is 0 Å². The third-order valence-corrected chi connectivity index (χ3v) is 4.34. The zero-order valence-electron chi connectivity index (χ0n) is 15.6. The van der Waals surface area contributed by atoms with Crippen molar-refractivity contribution in [2.75, 3.05) is 20.8 Å². The summed E-state index contributed by atoms with van der Waals surface area (Å²) in [5.41, 5.74) is 0.476. The van der Waals surface area contributed by atoms with Gasteiger partial charge in [0.15, 0.2) is 5.52 Å². The molecule has 0 aliphatic carbocycles. The summed E-state index contributed by atoms with van der Waals surface area (Å²) < 4.78 is 16.1. The second-order valence-electron chi connectivity index (χ2n) is 4.86. The maximum absolute atomic E-state index is 12.7. The number of hydrogen-bond acceptors (Lipinski definition) is 4. The molecule has 0 aliphatic rings. The summed E-state index contributed by atoms with van der Waals surface area (Å²) in [6.45, 7) is 2.76. The Kier molecular flexibility index (Phi) is 8.93. The van der Waals surface area contributed by atoms with Crippen LogP contribution in [0, 0.1) is 0 Å². The zero-order valence-corrected chi connectivity index (χ0v) is 15.6. The molecular formula is C18H22LiO4P. The van der Waals surface area contributed by atoms with Crippen molar-refractivity contribution in [3.8, 4) is 17.2 Å². The van der Waals surface area contributed by atoms with Gasteiger partial charge in [0.2, 0.25) is 0 Å². The Morgan fingerprint density at radius 1 is 1.04 bits per heavy atom. The van der Waals surface area contributed by atoms with Crippen LogP contribution in [-0.2, 0) is 0 Å². The second kappa shape index (κ2) is 10.4. The molecule has 1 unspecified atom stereocenters. The molecule has 6 heteroatoms. The van der Waals surface area contributed by atoms with E-state index in [4.69, 9.17) is 14.2 Å². The average Bonchev–Trinajstić information content (AvgIpc) is 2.60. The van der Waals surface area contributed by atoms with Crippen LogP contribution in [0.5, 0.6) is 17.2 Å². The molecule has 4 nitrogen and oxygen atoms in total. The van der Waals surface area contributed by atoms with Crippen molar-refractivity contribution in [2.45, 2.75) is 13.3 Å². The molecule has 0 spiro atoms. The standard InChI is InChI=1S/C18H21O4P.Li.H/c1-4-12-22-13-8-10-14(11-9-13)23-18(19)17-15(20-2)6-5-7-16(17)21-3;;/h5-11,23H,4,12H2,1-3H3;;/q;+1;-1. The van der Waals surface area contributed by atoms with Gasteiger partial charge in [-0.25, -0.2) is 0 Å². The normalized spacial score (nSPS) is 10.3. The molecule has 124 valence electrons. The Bertz CT molecular complexity index is 642. The fourth-order valence-electron chi connectivity index (χ4n) is 2.12. The minimum absolute atomic E-state index is 0. The van der Waals surface area contributed by atoms with E-state index in [1.807, 2.05) is 24.3 Å². The topological polar surface area (TPSA) is 44.8 Å². The van der Waals surface area contributed by atoms with E-state index in [9.17, 15) is 4.79 Å². The van der Waals surface area contributed by atoms with E-state index < -0.39 is 0 Å². The van der Waals surface area contributed by atoms with E-state index in [1.54, 1.807) is 32.4 Å². The van der Waals surface area contributed by atoms with Gasteiger partial charge in [-0.15, -0.1) is 0 Å². The fraction of sp³-hybridized carbons (Fsp3) is 0.278. The number of rotatable bonds is 8. The van der Waals surface area contributed by atoms with Gasteiger partial charge in [0.05, 0.1) is 20.8 Å². The maximum atomic E-state index is 12.7. The molecule has 0 aliphatic heterocycles. The minimum Gasteiger partial charge on any atom is -1.00 e. The van der Waals surface area contributed by atoms with Gasteiger partial charge in [0, 0.05) is 0 Å². The third-order valence-electron chi connectivity index (χ3n) is 3.24. The Balaban J connectivity index is 0.00000288. The fourth-order valence-corrected chi connectivity index (χ4v) is 3.09. The first kappa shape index (κ1) is 20.6.